The molecule has 0 heterocycles. The third kappa shape index (κ3) is 1.75. The van der Waals surface area contributed by atoms with Crippen molar-refractivity contribution < 1.29 is 5.11 Å². The molecule has 0 saturated heterocycles. The molecule has 3 aliphatic rings. The third-order valence-corrected chi connectivity index (χ3v) is 7.15. The van der Waals surface area contributed by atoms with Crippen molar-refractivity contribution in [2.75, 3.05) is 0 Å². The second-order valence-electron chi connectivity index (χ2n) is 8.45. The van der Waals surface area contributed by atoms with Gasteiger partial charge in [0.2, 0.25) is 0 Å². The summed E-state index contributed by atoms with van der Waals surface area (Å²) in [6.07, 6.45) is 6.63. The summed E-state index contributed by atoms with van der Waals surface area (Å²) in [6.45, 7) is 9.38. The van der Waals surface area contributed by atoms with Crippen molar-refractivity contribution in [3.8, 4) is 0 Å². The SMILES string of the molecule is Cc1ccc2c(c1C)CCC1=C3C[C@H](O)C[C@]3(C)CC[C@@]12C. The van der Waals surface area contributed by atoms with Crippen molar-refractivity contribution in [1.29, 1.82) is 0 Å². The maximum Gasteiger partial charge on any atom is 0.0585 e. The summed E-state index contributed by atoms with van der Waals surface area (Å²) in [5, 5.41) is 10.2. The lowest BCUT2D eigenvalue weighted by Crippen LogP contribution is -2.38. The molecule has 0 radical (unpaired) electrons. The summed E-state index contributed by atoms with van der Waals surface area (Å²) < 4.78 is 0. The van der Waals surface area contributed by atoms with Crippen molar-refractivity contribution in [3.05, 3.63) is 45.5 Å². The molecule has 3 aliphatic carbocycles. The number of aryl methyl sites for hydroxylation is 1. The van der Waals surface area contributed by atoms with E-state index in [9.17, 15) is 5.11 Å². The number of benzene rings is 1. The molecule has 4 rings (SSSR count). The van der Waals surface area contributed by atoms with Gasteiger partial charge in [-0.2, -0.15) is 0 Å². The molecule has 0 aromatic heterocycles. The van der Waals surface area contributed by atoms with Crippen molar-refractivity contribution in [2.24, 2.45) is 5.41 Å². The van der Waals surface area contributed by atoms with Gasteiger partial charge in [0.05, 0.1) is 6.10 Å². The molecule has 0 aliphatic heterocycles. The summed E-state index contributed by atoms with van der Waals surface area (Å²) in [7, 11) is 0. The lowest BCUT2D eigenvalue weighted by Gasteiger charge is -2.48. The van der Waals surface area contributed by atoms with Crippen LogP contribution < -0.4 is 0 Å². The topological polar surface area (TPSA) is 20.2 Å². The Bertz CT molecular complexity index is 683. The zero-order valence-electron chi connectivity index (χ0n) is 14.4. The van der Waals surface area contributed by atoms with Gasteiger partial charge in [0.1, 0.15) is 0 Å². The zero-order valence-corrected chi connectivity index (χ0v) is 14.4. The quantitative estimate of drug-likeness (QED) is 0.684. The van der Waals surface area contributed by atoms with Crippen LogP contribution in [0.3, 0.4) is 0 Å². The number of fused-ring (bicyclic) bond motifs is 4. The van der Waals surface area contributed by atoms with E-state index in [1.807, 2.05) is 0 Å². The summed E-state index contributed by atoms with van der Waals surface area (Å²) >= 11 is 0. The van der Waals surface area contributed by atoms with Crippen LogP contribution >= 0.6 is 0 Å². The molecule has 0 amide bonds. The minimum Gasteiger partial charge on any atom is -0.393 e. The van der Waals surface area contributed by atoms with E-state index in [4.69, 9.17) is 0 Å². The highest BCUT2D eigenvalue weighted by Crippen LogP contribution is 2.59. The molecule has 1 nitrogen and oxygen atoms in total. The molecule has 1 fully saturated rings. The van der Waals surface area contributed by atoms with E-state index < -0.39 is 0 Å². The van der Waals surface area contributed by atoms with Crippen molar-refractivity contribution in [2.45, 2.75) is 77.7 Å². The van der Waals surface area contributed by atoms with Gasteiger partial charge in [0.25, 0.3) is 0 Å². The molecule has 1 aromatic rings. The van der Waals surface area contributed by atoms with Gasteiger partial charge in [0, 0.05) is 5.41 Å². The van der Waals surface area contributed by atoms with Gasteiger partial charge in [-0.3, -0.25) is 0 Å². The molecule has 0 bridgehead atoms. The van der Waals surface area contributed by atoms with E-state index in [1.165, 1.54) is 36.8 Å². The molecule has 1 N–H and O–H groups in total. The fraction of sp³-hybridized carbons (Fsp3) is 0.619. The minimum atomic E-state index is -0.115. The van der Waals surface area contributed by atoms with Gasteiger partial charge in [-0.15, -0.1) is 0 Å². The van der Waals surface area contributed by atoms with Crippen LogP contribution in [-0.4, -0.2) is 11.2 Å². The first kappa shape index (κ1) is 14.5. The van der Waals surface area contributed by atoms with E-state index in [0.717, 1.165) is 12.8 Å². The predicted molar refractivity (Wildman–Crippen MR) is 91.2 cm³/mol. The second kappa shape index (κ2) is 4.47. The highest BCUT2D eigenvalue weighted by atomic mass is 16.3. The van der Waals surface area contributed by atoms with Gasteiger partial charge >= 0.3 is 0 Å². The molecule has 3 atom stereocenters. The average molecular weight is 296 g/mol. The number of hydrogen-bond donors (Lipinski definition) is 1. The predicted octanol–water partition coefficient (Wildman–Crippen LogP) is 4.76. The Kier molecular flexibility index (Phi) is 2.95. The maximum atomic E-state index is 10.2. The van der Waals surface area contributed by atoms with Gasteiger partial charge in [-0.05, 0) is 80.0 Å². The Labute approximate surface area is 134 Å². The molecule has 118 valence electrons. The standard InChI is InChI=1S/C21H28O/c1-13-5-7-17-16(14(13)2)6-8-18-19-11-15(22)12-20(19,3)9-10-21(17,18)4/h5,7,15,22H,6,8-12H2,1-4H3/t15-,20-,21+/m0/s1. The highest BCUT2D eigenvalue weighted by molar-refractivity contribution is 5.53. The van der Waals surface area contributed by atoms with Crippen molar-refractivity contribution in [3.63, 3.8) is 0 Å². The fourth-order valence-corrected chi connectivity index (χ4v) is 5.63. The Morgan fingerprint density at radius 2 is 1.82 bits per heavy atom. The molecule has 1 heteroatoms. The number of aliphatic hydroxyl groups excluding tert-OH is 1. The Morgan fingerprint density at radius 3 is 2.59 bits per heavy atom. The maximum absolute atomic E-state index is 10.2. The monoisotopic (exact) mass is 296 g/mol. The number of aliphatic hydroxyl groups is 1. The van der Waals surface area contributed by atoms with Crippen LogP contribution in [0.15, 0.2) is 23.3 Å². The van der Waals surface area contributed by atoms with Crippen LogP contribution in [-0.2, 0) is 11.8 Å². The minimum absolute atomic E-state index is 0.115. The van der Waals surface area contributed by atoms with Crippen molar-refractivity contribution in [1.82, 2.24) is 0 Å². The number of hydrogen-bond acceptors (Lipinski definition) is 1. The van der Waals surface area contributed by atoms with Crippen LogP contribution in [0.1, 0.15) is 68.2 Å². The van der Waals surface area contributed by atoms with Crippen molar-refractivity contribution >= 4 is 0 Å². The van der Waals surface area contributed by atoms with Crippen LogP contribution in [0, 0.1) is 19.3 Å². The van der Waals surface area contributed by atoms with Crippen LogP contribution in [0.4, 0.5) is 0 Å². The summed E-state index contributed by atoms with van der Waals surface area (Å²) in [5.41, 5.74) is 9.88. The largest absolute Gasteiger partial charge is 0.393 e. The number of rotatable bonds is 0. The van der Waals surface area contributed by atoms with Gasteiger partial charge < -0.3 is 5.11 Å². The fourth-order valence-electron chi connectivity index (χ4n) is 5.63. The molecule has 1 saturated carbocycles. The smallest absolute Gasteiger partial charge is 0.0585 e. The van der Waals surface area contributed by atoms with E-state index in [-0.39, 0.29) is 16.9 Å². The Balaban J connectivity index is 1.92. The van der Waals surface area contributed by atoms with E-state index in [2.05, 4.69) is 39.8 Å². The second-order valence-corrected chi connectivity index (χ2v) is 8.45. The Hall–Kier alpha value is -1.08. The van der Waals surface area contributed by atoms with Gasteiger partial charge in [-0.25, -0.2) is 0 Å². The van der Waals surface area contributed by atoms with Gasteiger partial charge in [-0.1, -0.05) is 37.1 Å². The van der Waals surface area contributed by atoms with Gasteiger partial charge in [0.15, 0.2) is 0 Å². The van der Waals surface area contributed by atoms with E-state index in [0.29, 0.717) is 0 Å². The first-order valence-electron chi connectivity index (χ1n) is 8.86. The third-order valence-electron chi connectivity index (χ3n) is 7.15. The molecule has 22 heavy (non-hydrogen) atoms. The molecular weight excluding hydrogens is 268 g/mol. The lowest BCUT2D eigenvalue weighted by molar-refractivity contribution is 0.157. The van der Waals surface area contributed by atoms with Crippen LogP contribution in [0.25, 0.3) is 0 Å². The zero-order chi connectivity index (χ0) is 15.7. The molecule has 1 aromatic carbocycles. The summed E-state index contributed by atoms with van der Waals surface area (Å²) in [5.74, 6) is 0. The molecule has 0 unspecified atom stereocenters. The van der Waals surface area contributed by atoms with Crippen LogP contribution in [0.5, 0.6) is 0 Å². The normalized spacial score (nSPS) is 36.9. The average Bonchev–Trinajstić information content (AvgIpc) is 2.77. The lowest BCUT2D eigenvalue weighted by atomic mass is 9.56. The first-order valence-corrected chi connectivity index (χ1v) is 8.86. The molecular formula is C21H28O. The summed E-state index contributed by atoms with van der Waals surface area (Å²) in [6, 6.07) is 4.70. The van der Waals surface area contributed by atoms with E-state index >= 15 is 0 Å². The van der Waals surface area contributed by atoms with E-state index in [1.54, 1.807) is 22.3 Å². The number of allylic oxidation sites excluding steroid dienone is 1. The summed E-state index contributed by atoms with van der Waals surface area (Å²) in [4.78, 5) is 0. The Morgan fingerprint density at radius 1 is 1.05 bits per heavy atom. The first-order chi connectivity index (χ1) is 10.3. The molecule has 0 spiro atoms. The van der Waals surface area contributed by atoms with Crippen LogP contribution in [0.2, 0.25) is 0 Å². The highest BCUT2D eigenvalue weighted by Gasteiger charge is 2.50.